The molecule has 1 aromatic carbocycles. The van der Waals surface area contributed by atoms with E-state index in [4.69, 9.17) is 23.2 Å². The van der Waals surface area contributed by atoms with Gasteiger partial charge in [0.15, 0.2) is 0 Å². The van der Waals surface area contributed by atoms with E-state index in [-0.39, 0.29) is 5.91 Å². The lowest BCUT2D eigenvalue weighted by molar-refractivity contribution is -0.111. The van der Waals surface area contributed by atoms with Crippen molar-refractivity contribution in [3.8, 4) is 0 Å². The van der Waals surface area contributed by atoms with Crippen molar-refractivity contribution in [1.29, 1.82) is 0 Å². The van der Waals surface area contributed by atoms with Crippen LogP contribution in [0.25, 0.3) is 6.08 Å². The number of carbonyl (C=O) groups is 1. The van der Waals surface area contributed by atoms with Crippen LogP contribution in [0.5, 0.6) is 0 Å². The Morgan fingerprint density at radius 1 is 1.22 bits per heavy atom. The first-order valence-electron chi connectivity index (χ1n) is 8.44. The van der Waals surface area contributed by atoms with Crippen LogP contribution in [0.3, 0.4) is 0 Å². The highest BCUT2D eigenvalue weighted by atomic mass is 35.5. The van der Waals surface area contributed by atoms with Crippen molar-refractivity contribution in [3.05, 3.63) is 69.7 Å². The third-order valence-electron chi connectivity index (χ3n) is 4.08. The van der Waals surface area contributed by atoms with Crippen molar-refractivity contribution in [2.45, 2.75) is 26.9 Å². The Bertz CT molecular complexity index is 990. The minimum atomic E-state index is -0.229. The monoisotopic (exact) mass is 403 g/mol. The molecule has 0 unspecified atom stereocenters. The van der Waals surface area contributed by atoms with Gasteiger partial charge in [-0.3, -0.25) is 14.2 Å². The molecule has 1 N–H and O–H groups in total. The number of halogens is 2. The van der Waals surface area contributed by atoms with Crippen LogP contribution in [-0.4, -0.2) is 25.5 Å². The molecule has 0 radical (unpaired) electrons. The van der Waals surface area contributed by atoms with Crippen molar-refractivity contribution < 1.29 is 4.79 Å². The maximum Gasteiger partial charge on any atom is 0.248 e. The summed E-state index contributed by atoms with van der Waals surface area (Å²) in [5.41, 5.74) is 3.53. The number of amides is 1. The largest absolute Gasteiger partial charge is 0.320 e. The van der Waals surface area contributed by atoms with Gasteiger partial charge in [-0.25, -0.2) is 0 Å². The third-order valence-corrected chi connectivity index (χ3v) is 4.82. The standard InChI is InChI=1S/C19H19Cl2N5O/c1-3-26-13(2)15(9-23-26)5-7-19(27)24-16-10-22-25(12-16)11-14-4-6-17(20)18(21)8-14/h4-10,12H,3,11H2,1-2H3,(H,24,27)/b7-5-. The molecule has 2 aromatic heterocycles. The van der Waals surface area contributed by atoms with Crippen LogP contribution < -0.4 is 5.32 Å². The van der Waals surface area contributed by atoms with Gasteiger partial charge in [0.25, 0.3) is 0 Å². The van der Waals surface area contributed by atoms with Crippen molar-refractivity contribution in [2.24, 2.45) is 0 Å². The van der Waals surface area contributed by atoms with Gasteiger partial charge in [0.05, 0.1) is 34.7 Å². The van der Waals surface area contributed by atoms with Crippen LogP contribution in [0.4, 0.5) is 5.69 Å². The minimum Gasteiger partial charge on any atom is -0.320 e. The van der Waals surface area contributed by atoms with Crippen molar-refractivity contribution in [2.75, 3.05) is 5.32 Å². The van der Waals surface area contributed by atoms with Crippen LogP contribution in [0.15, 0.2) is 42.9 Å². The van der Waals surface area contributed by atoms with E-state index in [1.165, 1.54) is 6.08 Å². The molecule has 6 nitrogen and oxygen atoms in total. The van der Waals surface area contributed by atoms with Crippen molar-refractivity contribution >= 4 is 40.9 Å². The Balaban J connectivity index is 1.61. The highest BCUT2D eigenvalue weighted by Crippen LogP contribution is 2.23. The SMILES string of the molecule is CCn1ncc(/C=C\C(=O)Nc2cnn(Cc3ccc(Cl)c(Cl)c3)c2)c1C. The molecule has 0 atom stereocenters. The number of benzene rings is 1. The van der Waals surface area contributed by atoms with Crippen LogP contribution in [0, 0.1) is 6.92 Å². The molecule has 0 aliphatic rings. The predicted octanol–water partition coefficient (Wildman–Crippen LogP) is 4.41. The summed E-state index contributed by atoms with van der Waals surface area (Å²) in [5.74, 6) is -0.229. The van der Waals surface area contributed by atoms with Gasteiger partial charge in [-0.1, -0.05) is 29.3 Å². The molecule has 3 rings (SSSR count). The molecule has 27 heavy (non-hydrogen) atoms. The molecule has 2 heterocycles. The van der Waals surface area contributed by atoms with Gasteiger partial charge >= 0.3 is 0 Å². The van der Waals surface area contributed by atoms with E-state index >= 15 is 0 Å². The molecule has 0 aliphatic heterocycles. The summed E-state index contributed by atoms with van der Waals surface area (Å²) in [4.78, 5) is 12.1. The van der Waals surface area contributed by atoms with Crippen molar-refractivity contribution in [3.63, 3.8) is 0 Å². The average molecular weight is 404 g/mol. The van der Waals surface area contributed by atoms with E-state index in [0.29, 0.717) is 22.3 Å². The Hall–Kier alpha value is -2.57. The number of nitrogens with zero attached hydrogens (tertiary/aromatic N) is 4. The van der Waals surface area contributed by atoms with Gasteiger partial charge in [-0.05, 0) is 37.6 Å². The summed E-state index contributed by atoms with van der Waals surface area (Å²) in [6.07, 6.45) is 8.35. The lowest BCUT2D eigenvalue weighted by Crippen LogP contribution is -2.07. The number of aryl methyl sites for hydroxylation is 1. The Morgan fingerprint density at radius 3 is 2.74 bits per heavy atom. The Morgan fingerprint density at radius 2 is 2.04 bits per heavy atom. The highest BCUT2D eigenvalue weighted by molar-refractivity contribution is 6.42. The average Bonchev–Trinajstić information content (AvgIpc) is 3.22. The first-order valence-corrected chi connectivity index (χ1v) is 9.19. The summed E-state index contributed by atoms with van der Waals surface area (Å²) in [7, 11) is 0. The lowest BCUT2D eigenvalue weighted by Gasteiger charge is -2.03. The normalized spacial score (nSPS) is 11.3. The first kappa shape index (κ1) is 19.2. The van der Waals surface area contributed by atoms with Crippen LogP contribution in [0.2, 0.25) is 10.0 Å². The number of aromatic nitrogens is 4. The molecule has 0 aliphatic carbocycles. The maximum absolute atomic E-state index is 12.1. The van der Waals surface area contributed by atoms with Gasteiger partial charge in [0.2, 0.25) is 5.91 Å². The molecule has 3 aromatic rings. The van der Waals surface area contributed by atoms with Gasteiger partial charge in [-0.15, -0.1) is 0 Å². The molecule has 1 amide bonds. The number of rotatable bonds is 6. The minimum absolute atomic E-state index is 0.229. The fourth-order valence-electron chi connectivity index (χ4n) is 2.63. The van der Waals surface area contributed by atoms with Gasteiger partial charge in [0, 0.05) is 30.1 Å². The fourth-order valence-corrected chi connectivity index (χ4v) is 2.95. The van der Waals surface area contributed by atoms with Crippen LogP contribution in [0.1, 0.15) is 23.7 Å². The molecule has 0 bridgehead atoms. The molecule has 0 fully saturated rings. The first-order chi connectivity index (χ1) is 13.0. The number of nitrogens with one attached hydrogen (secondary N) is 1. The summed E-state index contributed by atoms with van der Waals surface area (Å²) < 4.78 is 3.60. The van der Waals surface area contributed by atoms with Crippen LogP contribution in [-0.2, 0) is 17.9 Å². The molecule has 0 saturated heterocycles. The van der Waals surface area contributed by atoms with E-state index in [2.05, 4.69) is 15.5 Å². The van der Waals surface area contributed by atoms with Gasteiger partial charge < -0.3 is 5.32 Å². The lowest BCUT2D eigenvalue weighted by atomic mass is 10.2. The zero-order chi connectivity index (χ0) is 19.4. The molecular weight excluding hydrogens is 385 g/mol. The van der Waals surface area contributed by atoms with E-state index in [9.17, 15) is 4.79 Å². The number of hydrogen-bond acceptors (Lipinski definition) is 3. The molecule has 0 spiro atoms. The third kappa shape index (κ3) is 4.78. The summed E-state index contributed by atoms with van der Waals surface area (Å²) in [5, 5.41) is 12.3. The highest BCUT2D eigenvalue weighted by Gasteiger charge is 2.06. The maximum atomic E-state index is 12.1. The summed E-state index contributed by atoms with van der Waals surface area (Å²) >= 11 is 12.0. The van der Waals surface area contributed by atoms with E-state index < -0.39 is 0 Å². The molecule has 8 heteroatoms. The van der Waals surface area contributed by atoms with E-state index in [1.807, 2.05) is 24.6 Å². The zero-order valence-electron chi connectivity index (χ0n) is 15.0. The second kappa shape index (κ2) is 8.41. The Kier molecular flexibility index (Phi) is 5.98. The fraction of sp³-hybridized carbons (Fsp3) is 0.211. The van der Waals surface area contributed by atoms with E-state index in [1.54, 1.807) is 41.5 Å². The van der Waals surface area contributed by atoms with Gasteiger partial charge in [-0.2, -0.15) is 10.2 Å². The summed E-state index contributed by atoms with van der Waals surface area (Å²) in [6.45, 7) is 5.32. The van der Waals surface area contributed by atoms with Crippen molar-refractivity contribution in [1.82, 2.24) is 19.6 Å². The molecule has 140 valence electrons. The molecular formula is C19H19Cl2N5O. The number of carbonyl (C=O) groups excluding carboxylic acids is 1. The topological polar surface area (TPSA) is 64.7 Å². The second-order valence-electron chi connectivity index (χ2n) is 6.00. The quantitative estimate of drug-likeness (QED) is 0.619. The second-order valence-corrected chi connectivity index (χ2v) is 6.81. The Labute approximate surface area is 167 Å². The molecule has 0 saturated carbocycles. The van der Waals surface area contributed by atoms with Crippen LogP contribution >= 0.6 is 23.2 Å². The van der Waals surface area contributed by atoms with E-state index in [0.717, 1.165) is 23.4 Å². The zero-order valence-corrected chi connectivity index (χ0v) is 16.5. The smallest absolute Gasteiger partial charge is 0.248 e. The number of hydrogen-bond donors (Lipinski definition) is 1. The predicted molar refractivity (Wildman–Crippen MR) is 108 cm³/mol. The van der Waals surface area contributed by atoms with Gasteiger partial charge in [0.1, 0.15) is 0 Å². The number of anilines is 1. The summed E-state index contributed by atoms with van der Waals surface area (Å²) in [6, 6.07) is 5.43.